The molecule has 182 valence electrons. The summed E-state index contributed by atoms with van der Waals surface area (Å²) >= 11 is 0. The Kier molecular flexibility index (Phi) is 7.34. The van der Waals surface area contributed by atoms with Crippen LogP contribution in [0.2, 0.25) is 0 Å². The third-order valence-corrected chi connectivity index (χ3v) is 5.86. The fourth-order valence-electron chi connectivity index (χ4n) is 3.88. The molecule has 2 heterocycles. The van der Waals surface area contributed by atoms with Gasteiger partial charge in [-0.15, -0.1) is 0 Å². The van der Waals surface area contributed by atoms with Crippen LogP contribution in [0.5, 0.6) is 11.5 Å². The maximum atomic E-state index is 10.5. The first-order chi connectivity index (χ1) is 15.8. The number of rotatable bonds is 6. The summed E-state index contributed by atoms with van der Waals surface area (Å²) in [6, 6.07) is 10.8. The Morgan fingerprint density at radius 1 is 0.818 bits per heavy atom. The summed E-state index contributed by atoms with van der Waals surface area (Å²) in [5.74, 6) is 1.08. The maximum Gasteiger partial charge on any atom is 0.228 e. The highest BCUT2D eigenvalue weighted by atomic mass is 16.7. The Hall–Kier alpha value is -2.06. The van der Waals surface area contributed by atoms with E-state index in [1.807, 2.05) is 24.3 Å². The molecule has 9 atom stereocenters. The van der Waals surface area contributed by atoms with Crippen molar-refractivity contribution in [3.8, 4) is 11.5 Å². The fraction of sp³-hybridized carbons (Fsp3) is 0.545. The van der Waals surface area contributed by atoms with Crippen LogP contribution in [0.4, 0.5) is 0 Å². The van der Waals surface area contributed by atoms with Gasteiger partial charge in [0.15, 0.2) is 6.29 Å². The van der Waals surface area contributed by atoms with Crippen molar-refractivity contribution in [2.75, 3.05) is 20.3 Å². The Morgan fingerprint density at radius 2 is 1.48 bits per heavy atom. The molecule has 0 aliphatic carbocycles. The van der Waals surface area contributed by atoms with E-state index in [1.165, 1.54) is 0 Å². The summed E-state index contributed by atoms with van der Waals surface area (Å²) < 4.78 is 27.3. The first-order valence-corrected chi connectivity index (χ1v) is 10.5. The highest BCUT2D eigenvalue weighted by Gasteiger charge is 2.48. The van der Waals surface area contributed by atoms with Gasteiger partial charge >= 0.3 is 0 Å². The van der Waals surface area contributed by atoms with E-state index in [0.717, 1.165) is 10.8 Å². The zero-order valence-electron chi connectivity index (χ0n) is 17.8. The van der Waals surface area contributed by atoms with E-state index in [2.05, 4.69) is 0 Å². The van der Waals surface area contributed by atoms with E-state index in [-0.39, 0.29) is 6.61 Å². The summed E-state index contributed by atoms with van der Waals surface area (Å²) in [5.41, 5.74) is 0. The number of hydrogen-bond acceptors (Lipinski definition) is 11. The molecule has 2 aliphatic heterocycles. The molecule has 0 bridgehead atoms. The molecule has 0 saturated carbocycles. The maximum absolute atomic E-state index is 10.5. The van der Waals surface area contributed by atoms with Crippen LogP contribution in [-0.4, -0.2) is 106 Å². The van der Waals surface area contributed by atoms with Crippen molar-refractivity contribution in [3.05, 3.63) is 36.4 Å². The molecular formula is C22H28O11. The van der Waals surface area contributed by atoms with Crippen LogP contribution in [0.15, 0.2) is 36.4 Å². The molecule has 0 spiro atoms. The fourth-order valence-corrected chi connectivity index (χ4v) is 3.88. The number of fused-ring (bicyclic) bond motifs is 1. The molecule has 2 aliphatic rings. The van der Waals surface area contributed by atoms with Crippen LogP contribution in [0.1, 0.15) is 0 Å². The second-order valence-electron chi connectivity index (χ2n) is 8.05. The van der Waals surface area contributed by atoms with Gasteiger partial charge in [-0.2, -0.15) is 0 Å². The average molecular weight is 468 g/mol. The summed E-state index contributed by atoms with van der Waals surface area (Å²) in [4.78, 5) is 0. The predicted molar refractivity (Wildman–Crippen MR) is 112 cm³/mol. The topological polar surface area (TPSA) is 168 Å². The summed E-state index contributed by atoms with van der Waals surface area (Å²) in [5, 5.41) is 62.0. The number of ether oxygens (including phenoxy) is 5. The van der Waals surface area contributed by atoms with Crippen LogP contribution in [-0.2, 0) is 14.2 Å². The van der Waals surface area contributed by atoms with Crippen molar-refractivity contribution in [2.24, 2.45) is 0 Å². The van der Waals surface area contributed by atoms with Gasteiger partial charge in [-0.1, -0.05) is 12.1 Å². The standard InChI is InChI=1S/C22H28O11/c1-29-12-4-2-10-3-5-13(7-11(10)6-12)31-21-19(27)17(25)15(9-30-21)33-22-20(28)18(26)16(24)14(8-23)32-22/h2-7,14-28H,8-9H2,1H3/t14-,15-,16+,17+,18+,19-,20-,21+,22+/m1/s1. The number of aliphatic hydroxyl groups is 6. The first-order valence-electron chi connectivity index (χ1n) is 10.5. The van der Waals surface area contributed by atoms with Crippen LogP contribution >= 0.6 is 0 Å². The average Bonchev–Trinajstić information content (AvgIpc) is 2.83. The van der Waals surface area contributed by atoms with Gasteiger partial charge < -0.3 is 54.3 Å². The molecule has 2 saturated heterocycles. The molecule has 6 N–H and O–H groups in total. The van der Waals surface area contributed by atoms with E-state index in [1.54, 1.807) is 19.2 Å². The van der Waals surface area contributed by atoms with E-state index in [0.29, 0.717) is 11.5 Å². The van der Waals surface area contributed by atoms with E-state index < -0.39 is 61.9 Å². The second kappa shape index (κ2) is 10.1. The van der Waals surface area contributed by atoms with Gasteiger partial charge in [-0.3, -0.25) is 0 Å². The lowest BCUT2D eigenvalue weighted by Crippen LogP contribution is -2.62. The van der Waals surface area contributed by atoms with Crippen molar-refractivity contribution < 1.29 is 54.3 Å². The predicted octanol–water partition coefficient (Wildman–Crippen LogP) is -1.51. The van der Waals surface area contributed by atoms with Crippen LogP contribution in [0.25, 0.3) is 10.8 Å². The molecule has 0 radical (unpaired) electrons. The van der Waals surface area contributed by atoms with Crippen LogP contribution in [0, 0.1) is 0 Å². The molecule has 2 aromatic carbocycles. The van der Waals surface area contributed by atoms with Gasteiger partial charge in [0, 0.05) is 0 Å². The Morgan fingerprint density at radius 3 is 2.18 bits per heavy atom. The van der Waals surface area contributed by atoms with Gasteiger partial charge in [-0.05, 0) is 35.0 Å². The minimum Gasteiger partial charge on any atom is -0.497 e. The van der Waals surface area contributed by atoms with Crippen molar-refractivity contribution in [1.82, 2.24) is 0 Å². The normalized spacial score (nSPS) is 37.1. The molecule has 11 heteroatoms. The van der Waals surface area contributed by atoms with Gasteiger partial charge in [0.05, 0.1) is 20.3 Å². The quantitative estimate of drug-likeness (QED) is 0.292. The van der Waals surface area contributed by atoms with Crippen molar-refractivity contribution in [2.45, 2.75) is 55.3 Å². The molecular weight excluding hydrogens is 440 g/mol. The number of hydrogen-bond donors (Lipinski definition) is 6. The summed E-state index contributed by atoms with van der Waals surface area (Å²) in [6.07, 6.45) is -12.8. The Bertz CT molecular complexity index is 938. The number of benzene rings is 2. The molecule has 4 rings (SSSR count). The minimum absolute atomic E-state index is 0.223. The summed E-state index contributed by atoms with van der Waals surface area (Å²) in [7, 11) is 1.57. The summed E-state index contributed by atoms with van der Waals surface area (Å²) in [6.45, 7) is -0.843. The van der Waals surface area contributed by atoms with Gasteiger partial charge in [-0.25, -0.2) is 0 Å². The monoisotopic (exact) mass is 468 g/mol. The molecule has 0 amide bonds. The Balaban J connectivity index is 1.40. The largest absolute Gasteiger partial charge is 0.497 e. The number of methoxy groups -OCH3 is 1. The molecule has 2 aromatic rings. The van der Waals surface area contributed by atoms with E-state index in [9.17, 15) is 30.6 Å². The van der Waals surface area contributed by atoms with Crippen LogP contribution < -0.4 is 9.47 Å². The minimum atomic E-state index is -1.64. The van der Waals surface area contributed by atoms with E-state index in [4.69, 9.17) is 23.7 Å². The van der Waals surface area contributed by atoms with Crippen molar-refractivity contribution in [1.29, 1.82) is 0 Å². The smallest absolute Gasteiger partial charge is 0.228 e. The van der Waals surface area contributed by atoms with E-state index >= 15 is 0 Å². The second-order valence-corrected chi connectivity index (χ2v) is 8.05. The lowest BCUT2D eigenvalue weighted by molar-refractivity contribution is -0.338. The SMILES string of the molecule is COc1ccc2ccc(O[C@@H]3OC[C@@H](O[C@@H]4O[C@H](CO)[C@H](O)[C@H](O)[C@H]4O)[C@H](O)[C@H]3O)cc2c1. The Labute approximate surface area is 189 Å². The molecule has 33 heavy (non-hydrogen) atoms. The molecule has 2 fully saturated rings. The highest BCUT2D eigenvalue weighted by molar-refractivity contribution is 5.85. The van der Waals surface area contributed by atoms with Gasteiger partial charge in [0.25, 0.3) is 0 Å². The van der Waals surface area contributed by atoms with Gasteiger partial charge in [0.2, 0.25) is 6.29 Å². The lowest BCUT2D eigenvalue weighted by atomic mass is 9.99. The molecule has 11 nitrogen and oxygen atoms in total. The zero-order valence-corrected chi connectivity index (χ0v) is 17.8. The molecule has 0 aromatic heterocycles. The third-order valence-electron chi connectivity index (χ3n) is 5.86. The first kappa shape index (κ1) is 24.1. The third kappa shape index (κ3) is 4.92. The lowest BCUT2D eigenvalue weighted by Gasteiger charge is -2.43. The zero-order chi connectivity index (χ0) is 23.7. The van der Waals surface area contributed by atoms with Gasteiger partial charge in [0.1, 0.15) is 54.2 Å². The van der Waals surface area contributed by atoms with Crippen molar-refractivity contribution in [3.63, 3.8) is 0 Å². The molecule has 0 unspecified atom stereocenters. The number of aliphatic hydroxyl groups excluding tert-OH is 6. The van der Waals surface area contributed by atoms with Crippen LogP contribution in [0.3, 0.4) is 0 Å². The van der Waals surface area contributed by atoms with Crippen molar-refractivity contribution >= 4 is 10.8 Å². The highest BCUT2D eigenvalue weighted by Crippen LogP contribution is 2.29.